The van der Waals surface area contributed by atoms with Crippen LogP contribution in [0.1, 0.15) is 34.5 Å². The number of carbonyl (C=O) groups is 2. The van der Waals surface area contributed by atoms with Crippen LogP contribution in [-0.2, 0) is 17.8 Å². The van der Waals surface area contributed by atoms with Crippen LogP contribution >= 0.6 is 0 Å². The highest BCUT2D eigenvalue weighted by atomic mass is 16.5. The standard InChI is InChI=1S/C27H30N2O5/c1-32-23-11-8-21(9-12-23)10-13-25(30)28-15-5-16-29(18-17-28)27(31)26-22(14-19-33-26)20-34-24-6-3-2-4-7-24/h2-4,6-9,11-12,14,19H,5,10,13,15-18,20H2,1H3. The second-order valence-electron chi connectivity index (χ2n) is 8.25. The van der Waals surface area contributed by atoms with Gasteiger partial charge in [0.25, 0.3) is 5.91 Å². The maximum atomic E-state index is 13.1. The maximum Gasteiger partial charge on any atom is 0.290 e. The minimum absolute atomic E-state index is 0.111. The first kappa shape index (κ1) is 23.4. The molecule has 0 bridgehead atoms. The van der Waals surface area contributed by atoms with Crippen molar-refractivity contribution in [3.05, 3.63) is 83.8 Å². The van der Waals surface area contributed by atoms with Crippen LogP contribution in [0.3, 0.4) is 0 Å². The molecule has 3 aromatic rings. The van der Waals surface area contributed by atoms with Crippen molar-refractivity contribution in [3.8, 4) is 11.5 Å². The number of para-hydroxylation sites is 1. The van der Waals surface area contributed by atoms with E-state index >= 15 is 0 Å². The zero-order valence-electron chi connectivity index (χ0n) is 19.4. The topological polar surface area (TPSA) is 72.2 Å². The van der Waals surface area contributed by atoms with E-state index in [4.69, 9.17) is 13.9 Å². The van der Waals surface area contributed by atoms with Crippen LogP contribution < -0.4 is 9.47 Å². The molecule has 0 aliphatic carbocycles. The van der Waals surface area contributed by atoms with Crippen molar-refractivity contribution in [3.63, 3.8) is 0 Å². The molecule has 0 saturated carbocycles. The Hall–Kier alpha value is -3.74. The van der Waals surface area contributed by atoms with Crippen molar-refractivity contribution >= 4 is 11.8 Å². The Morgan fingerprint density at radius 2 is 1.62 bits per heavy atom. The molecule has 0 spiro atoms. The lowest BCUT2D eigenvalue weighted by Crippen LogP contribution is -2.37. The van der Waals surface area contributed by atoms with Crippen LogP contribution in [-0.4, -0.2) is 54.9 Å². The van der Waals surface area contributed by atoms with E-state index in [1.54, 1.807) is 18.1 Å². The van der Waals surface area contributed by atoms with Gasteiger partial charge in [-0.3, -0.25) is 9.59 Å². The van der Waals surface area contributed by atoms with Crippen LogP contribution in [0.5, 0.6) is 11.5 Å². The van der Waals surface area contributed by atoms with E-state index in [0.29, 0.717) is 50.3 Å². The van der Waals surface area contributed by atoms with Gasteiger partial charge in [-0.25, -0.2) is 0 Å². The first-order chi connectivity index (χ1) is 16.6. The van der Waals surface area contributed by atoms with E-state index in [9.17, 15) is 9.59 Å². The first-order valence-electron chi connectivity index (χ1n) is 11.6. The van der Waals surface area contributed by atoms with E-state index in [1.165, 1.54) is 6.26 Å². The molecule has 34 heavy (non-hydrogen) atoms. The highest BCUT2D eigenvalue weighted by Gasteiger charge is 2.26. The third-order valence-electron chi connectivity index (χ3n) is 6.00. The van der Waals surface area contributed by atoms with Gasteiger partial charge in [0.15, 0.2) is 5.76 Å². The molecule has 2 heterocycles. The summed E-state index contributed by atoms with van der Waals surface area (Å²) in [4.78, 5) is 29.6. The predicted molar refractivity (Wildman–Crippen MR) is 128 cm³/mol. The molecule has 2 amide bonds. The lowest BCUT2D eigenvalue weighted by molar-refractivity contribution is -0.131. The number of hydrogen-bond acceptors (Lipinski definition) is 5. The molecule has 1 fully saturated rings. The summed E-state index contributed by atoms with van der Waals surface area (Å²) in [6.07, 6.45) is 3.37. The van der Waals surface area contributed by atoms with Crippen molar-refractivity contribution in [2.75, 3.05) is 33.3 Å². The Morgan fingerprint density at radius 3 is 2.38 bits per heavy atom. The average molecular weight is 463 g/mol. The van der Waals surface area contributed by atoms with Gasteiger partial charge in [0.1, 0.15) is 18.1 Å². The number of methoxy groups -OCH3 is 1. The lowest BCUT2D eigenvalue weighted by atomic mass is 10.1. The van der Waals surface area contributed by atoms with Crippen LogP contribution in [0.15, 0.2) is 71.3 Å². The molecule has 0 atom stereocenters. The molecule has 0 N–H and O–H groups in total. The molecule has 1 aliphatic rings. The zero-order valence-corrected chi connectivity index (χ0v) is 19.4. The molecule has 178 valence electrons. The summed E-state index contributed by atoms with van der Waals surface area (Å²) in [5, 5.41) is 0. The molecule has 0 unspecified atom stereocenters. The number of carbonyl (C=O) groups excluding carboxylic acids is 2. The molecule has 7 nitrogen and oxygen atoms in total. The summed E-state index contributed by atoms with van der Waals surface area (Å²) < 4.78 is 16.5. The Bertz CT molecular complexity index is 1080. The van der Waals surface area contributed by atoms with Crippen LogP contribution in [0.4, 0.5) is 0 Å². The number of hydrogen-bond donors (Lipinski definition) is 0. The van der Waals surface area contributed by atoms with Crippen molar-refractivity contribution < 1.29 is 23.5 Å². The van der Waals surface area contributed by atoms with E-state index in [-0.39, 0.29) is 18.4 Å². The van der Waals surface area contributed by atoms with Gasteiger partial charge in [-0.05, 0) is 48.7 Å². The molecule has 7 heteroatoms. The molecular weight excluding hydrogens is 432 g/mol. The molecule has 1 saturated heterocycles. The molecule has 0 radical (unpaired) electrons. The molecule has 1 aliphatic heterocycles. The maximum absolute atomic E-state index is 13.1. The summed E-state index contributed by atoms with van der Waals surface area (Å²) in [7, 11) is 1.64. The van der Waals surface area contributed by atoms with Gasteiger partial charge in [0.2, 0.25) is 5.91 Å². The van der Waals surface area contributed by atoms with Gasteiger partial charge < -0.3 is 23.7 Å². The minimum atomic E-state index is -0.163. The van der Waals surface area contributed by atoms with E-state index in [2.05, 4.69) is 0 Å². The first-order valence-corrected chi connectivity index (χ1v) is 11.6. The average Bonchev–Trinajstić information content (AvgIpc) is 3.21. The number of ether oxygens (including phenoxy) is 2. The quantitative estimate of drug-likeness (QED) is 0.502. The fourth-order valence-electron chi connectivity index (χ4n) is 4.03. The van der Waals surface area contributed by atoms with Crippen molar-refractivity contribution in [1.82, 2.24) is 9.80 Å². The number of furan rings is 1. The zero-order chi connectivity index (χ0) is 23.8. The van der Waals surface area contributed by atoms with Gasteiger partial charge in [0, 0.05) is 38.2 Å². The van der Waals surface area contributed by atoms with Crippen LogP contribution in [0.25, 0.3) is 0 Å². The highest BCUT2D eigenvalue weighted by Crippen LogP contribution is 2.19. The second kappa shape index (κ2) is 11.4. The second-order valence-corrected chi connectivity index (χ2v) is 8.25. The summed E-state index contributed by atoms with van der Waals surface area (Å²) in [6, 6.07) is 19.0. The van der Waals surface area contributed by atoms with Gasteiger partial charge in [-0.15, -0.1) is 0 Å². The molecular formula is C27H30N2O5. The Morgan fingerprint density at radius 1 is 0.882 bits per heavy atom. The van der Waals surface area contributed by atoms with Gasteiger partial charge in [0.05, 0.1) is 13.4 Å². The summed E-state index contributed by atoms with van der Waals surface area (Å²) >= 11 is 0. The number of rotatable bonds is 8. The third kappa shape index (κ3) is 5.98. The molecule has 1 aromatic heterocycles. The van der Waals surface area contributed by atoms with E-state index < -0.39 is 0 Å². The largest absolute Gasteiger partial charge is 0.497 e. The Balaban J connectivity index is 1.29. The number of nitrogens with zero attached hydrogens (tertiary/aromatic N) is 2. The van der Waals surface area contributed by atoms with Crippen molar-refractivity contribution in [2.24, 2.45) is 0 Å². The fraction of sp³-hybridized carbons (Fsp3) is 0.333. The van der Waals surface area contributed by atoms with Crippen LogP contribution in [0.2, 0.25) is 0 Å². The van der Waals surface area contributed by atoms with Crippen molar-refractivity contribution in [1.29, 1.82) is 0 Å². The Kier molecular flexibility index (Phi) is 7.86. The van der Waals surface area contributed by atoms with Gasteiger partial charge in [-0.1, -0.05) is 30.3 Å². The minimum Gasteiger partial charge on any atom is -0.497 e. The van der Waals surface area contributed by atoms with Gasteiger partial charge >= 0.3 is 0 Å². The highest BCUT2D eigenvalue weighted by molar-refractivity contribution is 5.93. The monoisotopic (exact) mass is 462 g/mol. The summed E-state index contributed by atoms with van der Waals surface area (Å²) in [6.45, 7) is 2.48. The number of benzene rings is 2. The number of aryl methyl sites for hydroxylation is 1. The summed E-state index contributed by atoms with van der Waals surface area (Å²) in [5.74, 6) is 1.79. The lowest BCUT2D eigenvalue weighted by Gasteiger charge is -2.22. The molecule has 4 rings (SSSR count). The van der Waals surface area contributed by atoms with Gasteiger partial charge in [-0.2, -0.15) is 0 Å². The number of amides is 2. The summed E-state index contributed by atoms with van der Waals surface area (Å²) in [5.41, 5.74) is 1.81. The molecule has 2 aromatic carbocycles. The smallest absolute Gasteiger partial charge is 0.290 e. The Labute approximate surface area is 199 Å². The van der Waals surface area contributed by atoms with Crippen molar-refractivity contribution in [2.45, 2.75) is 25.9 Å². The normalized spacial score (nSPS) is 13.9. The van der Waals surface area contributed by atoms with E-state index in [0.717, 1.165) is 23.5 Å². The fourth-order valence-corrected chi connectivity index (χ4v) is 4.03. The van der Waals surface area contributed by atoms with Crippen LogP contribution in [0, 0.1) is 0 Å². The SMILES string of the molecule is COc1ccc(CCC(=O)N2CCCN(C(=O)c3occc3COc3ccccc3)CC2)cc1. The van der Waals surface area contributed by atoms with E-state index in [1.807, 2.05) is 59.5 Å². The predicted octanol–water partition coefficient (Wildman–Crippen LogP) is 4.17. The third-order valence-corrected chi connectivity index (χ3v) is 6.00.